The topological polar surface area (TPSA) is 12.5 Å². The summed E-state index contributed by atoms with van der Waals surface area (Å²) < 4.78 is 5.31. The van der Waals surface area contributed by atoms with E-state index in [1.165, 1.54) is 37.9 Å². The second kappa shape index (κ2) is 6.28. The molecule has 2 heteroatoms. The fourth-order valence-electron chi connectivity index (χ4n) is 3.39. The zero-order valence-electron chi connectivity index (χ0n) is 12.8. The summed E-state index contributed by atoms with van der Waals surface area (Å²) in [5.41, 5.74) is 3.08. The SMILES string of the molecule is CCC(C)c1cccc(C2CCN(C3COC3)CC2)c1. The minimum Gasteiger partial charge on any atom is -0.378 e. The molecule has 20 heavy (non-hydrogen) atoms. The molecule has 0 bridgehead atoms. The van der Waals surface area contributed by atoms with Gasteiger partial charge in [0.2, 0.25) is 0 Å². The van der Waals surface area contributed by atoms with Gasteiger partial charge in [0, 0.05) is 0 Å². The average molecular weight is 273 g/mol. The molecule has 0 N–H and O–H groups in total. The normalized spacial score (nSPS) is 23.5. The van der Waals surface area contributed by atoms with E-state index in [4.69, 9.17) is 4.74 Å². The summed E-state index contributed by atoms with van der Waals surface area (Å²) in [6.45, 7) is 9.00. The molecule has 1 unspecified atom stereocenters. The van der Waals surface area contributed by atoms with E-state index < -0.39 is 0 Å². The molecule has 2 aliphatic heterocycles. The number of hydrogen-bond donors (Lipinski definition) is 0. The Morgan fingerprint density at radius 2 is 2.00 bits per heavy atom. The zero-order valence-corrected chi connectivity index (χ0v) is 12.8. The highest BCUT2D eigenvalue weighted by molar-refractivity contribution is 5.29. The first-order valence-corrected chi connectivity index (χ1v) is 8.19. The highest BCUT2D eigenvalue weighted by Crippen LogP contribution is 2.31. The second-order valence-corrected chi connectivity index (χ2v) is 6.48. The maximum atomic E-state index is 5.31. The third-order valence-corrected chi connectivity index (χ3v) is 5.23. The largest absolute Gasteiger partial charge is 0.378 e. The van der Waals surface area contributed by atoms with E-state index in [1.807, 2.05) is 0 Å². The van der Waals surface area contributed by atoms with Crippen LogP contribution in [0.1, 0.15) is 56.1 Å². The molecule has 0 aliphatic carbocycles. The van der Waals surface area contributed by atoms with Crippen LogP contribution < -0.4 is 0 Å². The van der Waals surface area contributed by atoms with Gasteiger partial charge in [-0.2, -0.15) is 0 Å². The summed E-state index contributed by atoms with van der Waals surface area (Å²) in [6, 6.07) is 10.0. The van der Waals surface area contributed by atoms with E-state index >= 15 is 0 Å². The monoisotopic (exact) mass is 273 g/mol. The molecule has 0 spiro atoms. The molecule has 0 radical (unpaired) electrons. The number of piperidine rings is 1. The number of ether oxygens (including phenoxy) is 1. The van der Waals surface area contributed by atoms with Gasteiger partial charge in [0.25, 0.3) is 0 Å². The van der Waals surface area contributed by atoms with Gasteiger partial charge in [-0.3, -0.25) is 4.90 Å². The van der Waals surface area contributed by atoms with Crippen molar-refractivity contribution in [1.29, 1.82) is 0 Å². The summed E-state index contributed by atoms with van der Waals surface area (Å²) in [6.07, 6.45) is 3.84. The lowest BCUT2D eigenvalue weighted by molar-refractivity contribution is -0.0712. The highest BCUT2D eigenvalue weighted by atomic mass is 16.5. The van der Waals surface area contributed by atoms with Gasteiger partial charge in [0.15, 0.2) is 0 Å². The number of hydrogen-bond acceptors (Lipinski definition) is 2. The Kier molecular flexibility index (Phi) is 4.42. The van der Waals surface area contributed by atoms with Crippen molar-refractivity contribution in [2.75, 3.05) is 26.3 Å². The van der Waals surface area contributed by atoms with Gasteiger partial charge in [-0.05, 0) is 55.3 Å². The molecule has 2 saturated heterocycles. The smallest absolute Gasteiger partial charge is 0.0645 e. The molecular weight excluding hydrogens is 246 g/mol. The Labute approximate surface area is 123 Å². The van der Waals surface area contributed by atoms with Crippen molar-refractivity contribution < 1.29 is 4.74 Å². The van der Waals surface area contributed by atoms with Crippen LogP contribution in [0.15, 0.2) is 24.3 Å². The first-order chi connectivity index (χ1) is 9.78. The van der Waals surface area contributed by atoms with Gasteiger partial charge in [0.1, 0.15) is 0 Å². The molecule has 2 nitrogen and oxygen atoms in total. The fraction of sp³-hybridized carbons (Fsp3) is 0.667. The molecule has 1 atom stereocenters. The van der Waals surface area contributed by atoms with Crippen molar-refractivity contribution in [1.82, 2.24) is 4.90 Å². The van der Waals surface area contributed by atoms with E-state index in [0.717, 1.165) is 19.1 Å². The molecule has 0 saturated carbocycles. The molecule has 110 valence electrons. The van der Waals surface area contributed by atoms with Gasteiger partial charge in [0.05, 0.1) is 19.3 Å². The Morgan fingerprint density at radius 1 is 1.25 bits per heavy atom. The van der Waals surface area contributed by atoms with Crippen LogP contribution in [0, 0.1) is 0 Å². The minimum absolute atomic E-state index is 0.683. The van der Waals surface area contributed by atoms with Crippen molar-refractivity contribution in [2.45, 2.75) is 51.0 Å². The molecular formula is C18H27NO. The molecule has 2 heterocycles. The first kappa shape index (κ1) is 14.1. The Bertz CT molecular complexity index is 433. The Morgan fingerprint density at radius 3 is 2.60 bits per heavy atom. The lowest BCUT2D eigenvalue weighted by atomic mass is 9.86. The van der Waals surface area contributed by atoms with Gasteiger partial charge in [-0.15, -0.1) is 0 Å². The van der Waals surface area contributed by atoms with Crippen LogP contribution in [0.2, 0.25) is 0 Å². The molecule has 2 fully saturated rings. The lowest BCUT2D eigenvalue weighted by Crippen LogP contribution is -2.51. The van der Waals surface area contributed by atoms with E-state index in [2.05, 4.69) is 43.0 Å². The Hall–Kier alpha value is -0.860. The van der Waals surface area contributed by atoms with Crippen molar-refractivity contribution >= 4 is 0 Å². The summed E-state index contributed by atoms with van der Waals surface area (Å²) in [5.74, 6) is 1.44. The average Bonchev–Trinajstić information content (AvgIpc) is 2.45. The quantitative estimate of drug-likeness (QED) is 0.828. The predicted molar refractivity (Wildman–Crippen MR) is 83.3 cm³/mol. The Balaban J connectivity index is 1.62. The van der Waals surface area contributed by atoms with Crippen LogP contribution in [-0.4, -0.2) is 37.2 Å². The standard InChI is InChI=1S/C18H27NO/c1-3-14(2)16-5-4-6-17(11-16)15-7-9-19(10-8-15)18-12-20-13-18/h4-6,11,14-15,18H,3,7-10,12-13H2,1-2H3. The van der Waals surface area contributed by atoms with Gasteiger partial charge in [-0.1, -0.05) is 38.1 Å². The molecule has 3 rings (SSSR count). The maximum Gasteiger partial charge on any atom is 0.0645 e. The van der Waals surface area contributed by atoms with Gasteiger partial charge in [-0.25, -0.2) is 0 Å². The first-order valence-electron chi connectivity index (χ1n) is 8.19. The molecule has 1 aromatic carbocycles. The molecule has 0 aromatic heterocycles. The number of likely N-dealkylation sites (tertiary alicyclic amines) is 1. The second-order valence-electron chi connectivity index (χ2n) is 6.48. The number of nitrogens with zero attached hydrogens (tertiary/aromatic N) is 1. The summed E-state index contributed by atoms with van der Waals surface area (Å²) in [7, 11) is 0. The van der Waals surface area contributed by atoms with Crippen LogP contribution in [0.4, 0.5) is 0 Å². The predicted octanol–water partition coefficient (Wildman–Crippen LogP) is 3.78. The van der Waals surface area contributed by atoms with Gasteiger partial charge < -0.3 is 4.74 Å². The number of benzene rings is 1. The molecule has 1 aromatic rings. The summed E-state index contributed by atoms with van der Waals surface area (Å²) in [4.78, 5) is 2.62. The lowest BCUT2D eigenvalue weighted by Gasteiger charge is -2.41. The minimum atomic E-state index is 0.683. The van der Waals surface area contributed by atoms with Crippen LogP contribution in [0.5, 0.6) is 0 Å². The highest BCUT2D eigenvalue weighted by Gasteiger charge is 2.30. The third kappa shape index (κ3) is 2.91. The zero-order chi connectivity index (χ0) is 13.9. The van der Waals surface area contributed by atoms with E-state index in [9.17, 15) is 0 Å². The summed E-state index contributed by atoms with van der Waals surface area (Å²) in [5, 5.41) is 0. The maximum absolute atomic E-state index is 5.31. The van der Waals surface area contributed by atoms with Crippen LogP contribution in [0.3, 0.4) is 0 Å². The molecule has 2 aliphatic rings. The summed E-state index contributed by atoms with van der Waals surface area (Å²) >= 11 is 0. The van der Waals surface area contributed by atoms with E-state index in [-0.39, 0.29) is 0 Å². The van der Waals surface area contributed by atoms with E-state index in [1.54, 1.807) is 5.56 Å². The van der Waals surface area contributed by atoms with Crippen LogP contribution in [-0.2, 0) is 4.74 Å². The van der Waals surface area contributed by atoms with Crippen molar-refractivity contribution in [2.24, 2.45) is 0 Å². The van der Waals surface area contributed by atoms with Crippen LogP contribution in [0.25, 0.3) is 0 Å². The third-order valence-electron chi connectivity index (χ3n) is 5.23. The van der Waals surface area contributed by atoms with Crippen molar-refractivity contribution in [3.05, 3.63) is 35.4 Å². The molecule has 0 amide bonds. The fourth-order valence-corrected chi connectivity index (χ4v) is 3.39. The van der Waals surface area contributed by atoms with Crippen molar-refractivity contribution in [3.63, 3.8) is 0 Å². The van der Waals surface area contributed by atoms with Crippen LogP contribution >= 0.6 is 0 Å². The number of rotatable bonds is 4. The van der Waals surface area contributed by atoms with E-state index in [0.29, 0.717) is 12.0 Å². The van der Waals surface area contributed by atoms with Crippen molar-refractivity contribution in [3.8, 4) is 0 Å². The van der Waals surface area contributed by atoms with Gasteiger partial charge >= 0.3 is 0 Å².